The van der Waals surface area contributed by atoms with Gasteiger partial charge in [0.2, 0.25) is 0 Å². The Morgan fingerprint density at radius 3 is 2.50 bits per heavy atom. The van der Waals surface area contributed by atoms with E-state index in [1.807, 2.05) is 48.5 Å². The van der Waals surface area contributed by atoms with Crippen molar-refractivity contribution < 1.29 is 14.3 Å². The van der Waals surface area contributed by atoms with Crippen molar-refractivity contribution in [3.8, 4) is 0 Å². The molecule has 1 aliphatic heterocycles. The molecule has 0 saturated carbocycles. The number of carbonyl (C=O) groups excluding carboxylic acids is 2. The van der Waals surface area contributed by atoms with Crippen molar-refractivity contribution in [1.82, 2.24) is 10.6 Å². The number of nitrogens with one attached hydrogen (secondary N) is 2. The molecular weight excluding hydrogens is 304 g/mol. The minimum atomic E-state index is -0.641. The zero-order chi connectivity index (χ0) is 16.8. The minimum absolute atomic E-state index is 0.208. The Morgan fingerprint density at radius 1 is 0.958 bits per heavy atom. The molecule has 2 aromatic carbocycles. The molecule has 0 aromatic heterocycles. The summed E-state index contributed by atoms with van der Waals surface area (Å²) in [6.45, 7) is 1.24. The first-order valence-electron chi connectivity index (χ1n) is 8.03. The molecule has 2 N–H and O–H groups in total. The molecule has 0 fully saturated rings. The zero-order valence-electron chi connectivity index (χ0n) is 13.3. The second-order valence-corrected chi connectivity index (χ2v) is 5.69. The summed E-state index contributed by atoms with van der Waals surface area (Å²) in [6.07, 6.45) is 0.666. The van der Waals surface area contributed by atoms with E-state index in [1.165, 1.54) is 5.56 Å². The highest BCUT2D eigenvalue weighted by molar-refractivity contribution is 6.35. The molecule has 0 unspecified atom stereocenters. The first-order valence-corrected chi connectivity index (χ1v) is 8.03. The quantitative estimate of drug-likeness (QED) is 0.842. The van der Waals surface area contributed by atoms with E-state index in [0.29, 0.717) is 13.2 Å². The highest BCUT2D eigenvalue weighted by Gasteiger charge is 2.22. The Morgan fingerprint density at radius 2 is 1.67 bits per heavy atom. The molecule has 0 bridgehead atoms. The summed E-state index contributed by atoms with van der Waals surface area (Å²) in [6, 6.07) is 17.5. The number of hydrogen-bond donors (Lipinski definition) is 2. The van der Waals surface area contributed by atoms with Crippen LogP contribution in [0, 0.1) is 0 Å². The number of benzene rings is 2. The fourth-order valence-electron chi connectivity index (χ4n) is 2.77. The van der Waals surface area contributed by atoms with E-state index in [-0.39, 0.29) is 12.6 Å². The molecule has 3 rings (SSSR count). The van der Waals surface area contributed by atoms with Crippen molar-refractivity contribution in [2.45, 2.75) is 19.1 Å². The van der Waals surface area contributed by atoms with E-state index < -0.39 is 11.8 Å². The van der Waals surface area contributed by atoms with Crippen LogP contribution in [0.25, 0.3) is 0 Å². The van der Waals surface area contributed by atoms with E-state index in [0.717, 1.165) is 17.5 Å². The molecule has 0 spiro atoms. The molecule has 0 radical (unpaired) electrons. The van der Waals surface area contributed by atoms with Crippen molar-refractivity contribution in [3.05, 3.63) is 71.3 Å². The molecule has 2 aromatic rings. The van der Waals surface area contributed by atoms with Gasteiger partial charge < -0.3 is 15.4 Å². The number of carbonyl (C=O) groups is 2. The molecule has 1 heterocycles. The third-order valence-corrected chi connectivity index (χ3v) is 4.04. The van der Waals surface area contributed by atoms with Gasteiger partial charge in [-0.15, -0.1) is 0 Å². The van der Waals surface area contributed by atoms with Gasteiger partial charge in [-0.1, -0.05) is 54.6 Å². The first kappa shape index (κ1) is 16.2. The van der Waals surface area contributed by atoms with Crippen LogP contribution in [0.4, 0.5) is 0 Å². The Labute approximate surface area is 141 Å². The number of rotatable bonds is 4. The first-order chi connectivity index (χ1) is 11.7. The largest absolute Gasteiger partial charge is 0.371 e. The summed E-state index contributed by atoms with van der Waals surface area (Å²) < 4.78 is 5.72. The number of amides is 2. The highest BCUT2D eigenvalue weighted by Crippen LogP contribution is 2.26. The van der Waals surface area contributed by atoms with Crippen LogP contribution in [0.5, 0.6) is 0 Å². The zero-order valence-corrected chi connectivity index (χ0v) is 13.3. The maximum absolute atomic E-state index is 11.9. The Bertz CT molecular complexity index is 716. The molecule has 2 amide bonds. The lowest BCUT2D eigenvalue weighted by atomic mass is 9.97. The molecule has 1 atom stereocenters. The fraction of sp³-hybridized carbons (Fsp3) is 0.263. The molecule has 1 aliphatic rings. The molecular formula is C19H20N2O3. The van der Waals surface area contributed by atoms with Gasteiger partial charge in [0.15, 0.2) is 0 Å². The predicted octanol–water partition coefficient (Wildman–Crippen LogP) is 1.73. The van der Waals surface area contributed by atoms with E-state index in [4.69, 9.17) is 4.74 Å². The van der Waals surface area contributed by atoms with Crippen LogP contribution in [0.15, 0.2) is 54.6 Å². The Kier molecular flexibility index (Phi) is 5.23. The normalized spacial score (nSPS) is 16.1. The van der Waals surface area contributed by atoms with Gasteiger partial charge in [-0.2, -0.15) is 0 Å². The van der Waals surface area contributed by atoms with Crippen LogP contribution in [0.3, 0.4) is 0 Å². The van der Waals surface area contributed by atoms with E-state index in [9.17, 15) is 9.59 Å². The van der Waals surface area contributed by atoms with Gasteiger partial charge in [-0.3, -0.25) is 9.59 Å². The smallest absolute Gasteiger partial charge is 0.309 e. The van der Waals surface area contributed by atoms with Gasteiger partial charge in [0, 0.05) is 13.1 Å². The molecule has 24 heavy (non-hydrogen) atoms. The average Bonchev–Trinajstić information content (AvgIpc) is 2.65. The number of hydrogen-bond acceptors (Lipinski definition) is 3. The van der Waals surface area contributed by atoms with Crippen LogP contribution in [-0.2, 0) is 27.3 Å². The lowest BCUT2D eigenvalue weighted by molar-refractivity contribution is -0.139. The van der Waals surface area contributed by atoms with Crippen LogP contribution in [-0.4, -0.2) is 25.0 Å². The Balaban J connectivity index is 1.50. The van der Waals surface area contributed by atoms with Gasteiger partial charge >= 0.3 is 11.8 Å². The maximum atomic E-state index is 11.9. The molecule has 0 aliphatic carbocycles. The van der Waals surface area contributed by atoms with Crippen LogP contribution < -0.4 is 10.6 Å². The van der Waals surface area contributed by atoms with Crippen molar-refractivity contribution in [2.75, 3.05) is 13.2 Å². The van der Waals surface area contributed by atoms with E-state index >= 15 is 0 Å². The second kappa shape index (κ2) is 7.75. The third-order valence-electron chi connectivity index (χ3n) is 4.04. The van der Waals surface area contributed by atoms with Crippen molar-refractivity contribution in [1.29, 1.82) is 0 Å². The second-order valence-electron chi connectivity index (χ2n) is 5.69. The summed E-state index contributed by atoms with van der Waals surface area (Å²) in [5.74, 6) is -1.28. The highest BCUT2D eigenvalue weighted by atomic mass is 16.5. The van der Waals surface area contributed by atoms with Gasteiger partial charge in [0.25, 0.3) is 0 Å². The summed E-state index contributed by atoms with van der Waals surface area (Å²) in [5.41, 5.74) is 3.26. The van der Waals surface area contributed by atoms with Gasteiger partial charge in [0.05, 0.1) is 6.61 Å². The SMILES string of the molecule is O=C(NCc1ccccc1)C(=O)NC[C@@H]1OCCc2ccccc21. The standard InChI is InChI=1S/C19H20N2O3/c22-18(20-12-14-6-2-1-3-7-14)19(23)21-13-17-16-9-5-4-8-15(16)10-11-24-17/h1-9,17H,10-13H2,(H,20,22)(H,21,23)/t17-/m0/s1. The van der Waals surface area contributed by atoms with Crippen LogP contribution in [0.1, 0.15) is 22.8 Å². The lowest BCUT2D eigenvalue weighted by Crippen LogP contribution is -2.41. The number of ether oxygens (including phenoxy) is 1. The summed E-state index contributed by atoms with van der Waals surface area (Å²) in [7, 11) is 0. The molecule has 5 heteroatoms. The fourth-order valence-corrected chi connectivity index (χ4v) is 2.77. The average molecular weight is 324 g/mol. The summed E-state index contributed by atoms with van der Waals surface area (Å²) >= 11 is 0. The summed E-state index contributed by atoms with van der Waals surface area (Å²) in [4.78, 5) is 23.8. The van der Waals surface area contributed by atoms with Crippen molar-refractivity contribution in [3.63, 3.8) is 0 Å². The molecule has 124 valence electrons. The maximum Gasteiger partial charge on any atom is 0.309 e. The van der Waals surface area contributed by atoms with Gasteiger partial charge in [-0.05, 0) is 23.1 Å². The van der Waals surface area contributed by atoms with E-state index in [1.54, 1.807) is 0 Å². The van der Waals surface area contributed by atoms with Crippen LogP contribution in [0.2, 0.25) is 0 Å². The van der Waals surface area contributed by atoms with Crippen molar-refractivity contribution in [2.24, 2.45) is 0 Å². The lowest BCUT2D eigenvalue weighted by Gasteiger charge is -2.26. The van der Waals surface area contributed by atoms with Gasteiger partial charge in [0.1, 0.15) is 6.10 Å². The van der Waals surface area contributed by atoms with Gasteiger partial charge in [-0.25, -0.2) is 0 Å². The third kappa shape index (κ3) is 4.00. The van der Waals surface area contributed by atoms with Crippen LogP contribution >= 0.6 is 0 Å². The predicted molar refractivity (Wildman–Crippen MR) is 90.1 cm³/mol. The van der Waals surface area contributed by atoms with Crippen molar-refractivity contribution >= 4 is 11.8 Å². The van der Waals surface area contributed by atoms with E-state index in [2.05, 4.69) is 16.7 Å². The topological polar surface area (TPSA) is 67.4 Å². The molecule has 0 saturated heterocycles. The Hall–Kier alpha value is -2.66. The summed E-state index contributed by atoms with van der Waals surface area (Å²) in [5, 5.41) is 5.27. The monoisotopic (exact) mass is 324 g/mol. The number of fused-ring (bicyclic) bond motifs is 1. The molecule has 5 nitrogen and oxygen atoms in total. The minimum Gasteiger partial charge on any atom is -0.371 e.